The number of amides is 1. The summed E-state index contributed by atoms with van der Waals surface area (Å²) in [6, 6.07) is 9.86. The number of rotatable bonds is 10. The van der Waals surface area contributed by atoms with Gasteiger partial charge < -0.3 is 14.8 Å². The van der Waals surface area contributed by atoms with E-state index < -0.39 is 22.0 Å². The van der Waals surface area contributed by atoms with Crippen LogP contribution in [0.2, 0.25) is 0 Å². The summed E-state index contributed by atoms with van der Waals surface area (Å²) in [4.78, 5) is 12.6. The predicted molar refractivity (Wildman–Crippen MR) is 114 cm³/mol. The highest BCUT2D eigenvalue weighted by Gasteiger charge is 2.29. The second kappa shape index (κ2) is 10.3. The summed E-state index contributed by atoms with van der Waals surface area (Å²) in [6.45, 7) is 1.89. The molecule has 0 aliphatic heterocycles. The molecule has 1 atom stereocenters. The van der Waals surface area contributed by atoms with Gasteiger partial charge in [-0.1, -0.05) is 12.1 Å². The molecule has 0 fully saturated rings. The van der Waals surface area contributed by atoms with E-state index in [2.05, 4.69) is 5.32 Å². The SMILES string of the molecule is COc1ccc(N([C@H](C)C(=O)NCCCc2ccc(F)cc2)S(C)(=O)=O)cc1OC. The Morgan fingerprint density at radius 1 is 1.10 bits per heavy atom. The summed E-state index contributed by atoms with van der Waals surface area (Å²) >= 11 is 0. The third-order valence-electron chi connectivity index (χ3n) is 4.56. The normalized spacial score (nSPS) is 12.2. The van der Waals surface area contributed by atoms with Crippen molar-refractivity contribution in [2.45, 2.75) is 25.8 Å². The number of nitrogens with one attached hydrogen (secondary N) is 1. The Bertz CT molecular complexity index is 964. The van der Waals surface area contributed by atoms with Crippen LogP contribution in [0.25, 0.3) is 0 Å². The lowest BCUT2D eigenvalue weighted by Crippen LogP contribution is -2.48. The fourth-order valence-corrected chi connectivity index (χ4v) is 4.24. The minimum atomic E-state index is -3.74. The number of ether oxygens (including phenoxy) is 2. The quantitative estimate of drug-likeness (QED) is 0.577. The van der Waals surface area contributed by atoms with Gasteiger partial charge in [-0.15, -0.1) is 0 Å². The maximum atomic E-state index is 12.9. The van der Waals surface area contributed by atoms with Gasteiger partial charge in [0.15, 0.2) is 11.5 Å². The maximum absolute atomic E-state index is 12.9. The van der Waals surface area contributed by atoms with Crippen molar-refractivity contribution in [3.05, 3.63) is 53.8 Å². The average Bonchev–Trinajstić information content (AvgIpc) is 2.71. The van der Waals surface area contributed by atoms with Crippen LogP contribution in [-0.2, 0) is 21.2 Å². The first-order chi connectivity index (χ1) is 14.2. The summed E-state index contributed by atoms with van der Waals surface area (Å²) in [5.74, 6) is 0.0920. The van der Waals surface area contributed by atoms with Crippen LogP contribution in [0.15, 0.2) is 42.5 Å². The van der Waals surface area contributed by atoms with Gasteiger partial charge in [-0.25, -0.2) is 12.8 Å². The molecule has 0 unspecified atom stereocenters. The van der Waals surface area contributed by atoms with E-state index in [4.69, 9.17) is 9.47 Å². The van der Waals surface area contributed by atoms with Gasteiger partial charge in [0.05, 0.1) is 26.2 Å². The standard InChI is InChI=1S/C21H27FN2O5S/c1-15(21(25)23-13-5-6-16-7-9-17(22)10-8-16)24(30(4,26)27)18-11-12-19(28-2)20(14-18)29-3/h7-12,14-15H,5-6,13H2,1-4H3,(H,23,25)/t15-/m1/s1. The van der Waals surface area contributed by atoms with E-state index in [1.807, 2.05) is 0 Å². The predicted octanol–water partition coefficient (Wildman–Crippen LogP) is 2.75. The van der Waals surface area contributed by atoms with Gasteiger partial charge in [0, 0.05) is 12.6 Å². The van der Waals surface area contributed by atoms with Crippen molar-refractivity contribution in [1.29, 1.82) is 0 Å². The van der Waals surface area contributed by atoms with Gasteiger partial charge >= 0.3 is 0 Å². The minimum Gasteiger partial charge on any atom is -0.493 e. The van der Waals surface area contributed by atoms with Crippen LogP contribution < -0.4 is 19.1 Å². The Labute approximate surface area is 176 Å². The van der Waals surface area contributed by atoms with Crippen LogP contribution in [0.3, 0.4) is 0 Å². The lowest BCUT2D eigenvalue weighted by molar-refractivity contribution is -0.121. The van der Waals surface area contributed by atoms with Crippen molar-refractivity contribution in [3.63, 3.8) is 0 Å². The molecule has 30 heavy (non-hydrogen) atoms. The number of hydrogen-bond donors (Lipinski definition) is 1. The molecular weight excluding hydrogens is 411 g/mol. The lowest BCUT2D eigenvalue weighted by Gasteiger charge is -2.28. The minimum absolute atomic E-state index is 0.295. The van der Waals surface area contributed by atoms with Crippen LogP contribution in [0.4, 0.5) is 10.1 Å². The largest absolute Gasteiger partial charge is 0.493 e. The molecule has 1 amide bonds. The van der Waals surface area contributed by atoms with E-state index in [9.17, 15) is 17.6 Å². The number of halogens is 1. The molecule has 164 valence electrons. The molecule has 0 radical (unpaired) electrons. The number of aryl methyl sites for hydroxylation is 1. The van der Waals surface area contributed by atoms with Gasteiger partial charge in [-0.05, 0) is 49.6 Å². The Morgan fingerprint density at radius 2 is 1.73 bits per heavy atom. The summed E-state index contributed by atoms with van der Waals surface area (Å²) in [7, 11) is -0.816. The first-order valence-electron chi connectivity index (χ1n) is 9.41. The lowest BCUT2D eigenvalue weighted by atomic mass is 10.1. The zero-order valence-corrected chi connectivity index (χ0v) is 18.3. The maximum Gasteiger partial charge on any atom is 0.243 e. The molecule has 1 N–H and O–H groups in total. The number of sulfonamides is 1. The van der Waals surface area contributed by atoms with Crippen molar-refractivity contribution in [3.8, 4) is 11.5 Å². The second-order valence-electron chi connectivity index (χ2n) is 6.80. The molecule has 7 nitrogen and oxygen atoms in total. The number of benzene rings is 2. The summed E-state index contributed by atoms with van der Waals surface area (Å²) in [6.07, 6.45) is 2.35. The van der Waals surface area contributed by atoms with Crippen LogP contribution in [0.1, 0.15) is 18.9 Å². The first kappa shape index (κ1) is 23.5. The molecule has 0 aliphatic carbocycles. The van der Waals surface area contributed by atoms with Gasteiger partial charge in [-0.2, -0.15) is 0 Å². The van der Waals surface area contributed by atoms with Crippen LogP contribution in [0, 0.1) is 5.82 Å². The number of nitrogens with zero attached hydrogens (tertiary/aromatic N) is 1. The zero-order chi connectivity index (χ0) is 22.3. The smallest absolute Gasteiger partial charge is 0.243 e. The second-order valence-corrected chi connectivity index (χ2v) is 8.65. The van der Waals surface area contributed by atoms with E-state index in [-0.39, 0.29) is 5.82 Å². The van der Waals surface area contributed by atoms with Crippen LogP contribution >= 0.6 is 0 Å². The monoisotopic (exact) mass is 438 g/mol. The van der Waals surface area contributed by atoms with Gasteiger partial charge in [0.1, 0.15) is 11.9 Å². The Balaban J connectivity index is 2.06. The molecule has 0 aliphatic rings. The Hall–Kier alpha value is -2.81. The van der Waals surface area contributed by atoms with E-state index in [1.165, 1.54) is 39.3 Å². The molecule has 0 aromatic heterocycles. The van der Waals surface area contributed by atoms with Crippen molar-refractivity contribution >= 4 is 21.6 Å². The topological polar surface area (TPSA) is 84.9 Å². The third-order valence-corrected chi connectivity index (χ3v) is 5.81. The molecule has 0 bridgehead atoms. The Morgan fingerprint density at radius 3 is 2.30 bits per heavy atom. The van der Waals surface area contributed by atoms with Crippen LogP contribution in [0.5, 0.6) is 11.5 Å². The number of hydrogen-bond acceptors (Lipinski definition) is 5. The molecular formula is C21H27FN2O5S. The third kappa shape index (κ3) is 6.09. The zero-order valence-electron chi connectivity index (χ0n) is 17.5. The molecule has 0 saturated heterocycles. The average molecular weight is 439 g/mol. The van der Waals surface area contributed by atoms with Crippen molar-refractivity contribution < 1.29 is 27.1 Å². The van der Waals surface area contributed by atoms with E-state index in [0.717, 1.165) is 16.1 Å². The first-order valence-corrected chi connectivity index (χ1v) is 11.3. The molecule has 2 aromatic rings. The van der Waals surface area contributed by atoms with Crippen molar-refractivity contribution in [1.82, 2.24) is 5.32 Å². The molecule has 9 heteroatoms. The van der Waals surface area contributed by atoms with Crippen molar-refractivity contribution in [2.24, 2.45) is 0 Å². The van der Waals surface area contributed by atoms with Gasteiger partial charge in [-0.3, -0.25) is 9.10 Å². The fourth-order valence-electron chi connectivity index (χ4n) is 3.07. The molecule has 2 rings (SSSR count). The summed E-state index contributed by atoms with van der Waals surface area (Å²) in [5, 5.41) is 2.76. The summed E-state index contributed by atoms with van der Waals surface area (Å²) < 4.78 is 49.2. The highest BCUT2D eigenvalue weighted by Crippen LogP contribution is 2.33. The van der Waals surface area contributed by atoms with Crippen molar-refractivity contribution in [2.75, 3.05) is 31.3 Å². The van der Waals surface area contributed by atoms with E-state index >= 15 is 0 Å². The van der Waals surface area contributed by atoms with Crippen LogP contribution in [-0.4, -0.2) is 47.4 Å². The number of methoxy groups -OCH3 is 2. The molecule has 0 saturated carbocycles. The Kier molecular flexibility index (Phi) is 8.05. The van der Waals surface area contributed by atoms with E-state index in [0.29, 0.717) is 36.6 Å². The highest BCUT2D eigenvalue weighted by atomic mass is 32.2. The summed E-state index contributed by atoms with van der Waals surface area (Å²) in [5.41, 5.74) is 1.26. The van der Waals surface area contributed by atoms with Gasteiger partial charge in [0.25, 0.3) is 0 Å². The molecule has 0 spiro atoms. The number of anilines is 1. The fraction of sp³-hybridized carbons (Fsp3) is 0.381. The van der Waals surface area contributed by atoms with Gasteiger partial charge in [0.2, 0.25) is 15.9 Å². The molecule has 0 heterocycles. The van der Waals surface area contributed by atoms with E-state index in [1.54, 1.807) is 24.3 Å². The molecule has 2 aromatic carbocycles. The highest BCUT2D eigenvalue weighted by molar-refractivity contribution is 7.92. The number of carbonyl (C=O) groups is 1. The number of carbonyl (C=O) groups excluding carboxylic acids is 1.